The second kappa shape index (κ2) is 8.34. The minimum Gasteiger partial charge on any atom is -0.345 e. The van der Waals surface area contributed by atoms with Gasteiger partial charge in [0, 0.05) is 15.6 Å². The monoisotopic (exact) mass is 351 g/mol. The lowest BCUT2D eigenvalue weighted by molar-refractivity contribution is -0.885. The van der Waals surface area contributed by atoms with E-state index in [0.717, 1.165) is 21.0 Å². The highest BCUT2D eigenvalue weighted by atomic mass is 35.5. The average Bonchev–Trinajstić information content (AvgIpc) is 2.50. The fourth-order valence-corrected chi connectivity index (χ4v) is 2.76. The van der Waals surface area contributed by atoms with Crippen LogP contribution in [0.1, 0.15) is 24.1 Å². The lowest BCUT2D eigenvalue weighted by Crippen LogP contribution is -3.08. The van der Waals surface area contributed by atoms with Gasteiger partial charge in [-0.15, -0.1) is 0 Å². The Morgan fingerprint density at radius 3 is 2.43 bits per heavy atom. The third-order valence-corrected chi connectivity index (χ3v) is 4.28. The van der Waals surface area contributed by atoms with Gasteiger partial charge < -0.3 is 10.2 Å². The molecule has 0 aliphatic heterocycles. The largest absolute Gasteiger partial charge is 0.345 e. The summed E-state index contributed by atoms with van der Waals surface area (Å²) in [5.74, 6) is 0.0111. The molecule has 1 unspecified atom stereocenters. The van der Waals surface area contributed by atoms with Crippen molar-refractivity contribution < 1.29 is 9.69 Å². The standard InChI is InChI=1S/C18H20Cl2N2O/c1-13(14-7-9-16(19)10-8-14)21-18(23)12-22(2)11-15-5-3-4-6-17(15)20/h3-10,13H,11-12H2,1-2H3,(H,21,23)/p+1/t13-/m1/s1. The molecular formula is C18H21Cl2N2O+. The zero-order chi connectivity index (χ0) is 16.8. The SMILES string of the molecule is C[C@@H](NC(=O)C[NH+](C)Cc1ccccc1Cl)c1ccc(Cl)cc1. The van der Waals surface area contributed by atoms with Crippen LogP contribution in [0.2, 0.25) is 10.0 Å². The third-order valence-electron chi connectivity index (χ3n) is 3.66. The van der Waals surface area contributed by atoms with Gasteiger partial charge in [-0.2, -0.15) is 0 Å². The van der Waals surface area contributed by atoms with E-state index in [2.05, 4.69) is 5.32 Å². The summed E-state index contributed by atoms with van der Waals surface area (Å²) in [4.78, 5) is 13.3. The van der Waals surface area contributed by atoms with E-state index in [9.17, 15) is 4.79 Å². The first kappa shape index (κ1) is 17.8. The van der Waals surface area contributed by atoms with Gasteiger partial charge in [0.05, 0.1) is 13.1 Å². The lowest BCUT2D eigenvalue weighted by Gasteiger charge is -2.18. The maximum Gasteiger partial charge on any atom is 0.275 e. The van der Waals surface area contributed by atoms with Crippen LogP contribution < -0.4 is 10.2 Å². The van der Waals surface area contributed by atoms with E-state index in [1.807, 2.05) is 62.5 Å². The van der Waals surface area contributed by atoms with Gasteiger partial charge in [-0.25, -0.2) is 0 Å². The van der Waals surface area contributed by atoms with Crippen LogP contribution in [0.5, 0.6) is 0 Å². The van der Waals surface area contributed by atoms with Crippen LogP contribution in [0.3, 0.4) is 0 Å². The van der Waals surface area contributed by atoms with Crippen molar-refractivity contribution in [3.8, 4) is 0 Å². The molecule has 122 valence electrons. The van der Waals surface area contributed by atoms with Gasteiger partial charge in [-0.05, 0) is 30.7 Å². The van der Waals surface area contributed by atoms with E-state index < -0.39 is 0 Å². The Hall–Kier alpha value is -1.55. The van der Waals surface area contributed by atoms with Crippen molar-refractivity contribution in [3.63, 3.8) is 0 Å². The number of amides is 1. The summed E-state index contributed by atoms with van der Waals surface area (Å²) in [6.07, 6.45) is 0. The van der Waals surface area contributed by atoms with Crippen LogP contribution in [0.4, 0.5) is 0 Å². The Kier molecular flexibility index (Phi) is 6.46. The molecule has 0 fully saturated rings. The number of carbonyl (C=O) groups excluding carboxylic acids is 1. The molecule has 0 saturated carbocycles. The first-order valence-corrected chi connectivity index (χ1v) is 8.31. The minimum absolute atomic E-state index is 0.0111. The molecule has 5 heteroatoms. The summed E-state index contributed by atoms with van der Waals surface area (Å²) in [7, 11) is 1.98. The second-order valence-corrected chi connectivity index (χ2v) is 6.59. The lowest BCUT2D eigenvalue weighted by atomic mass is 10.1. The molecule has 0 heterocycles. The maximum atomic E-state index is 12.2. The summed E-state index contributed by atoms with van der Waals surface area (Å²) < 4.78 is 0. The van der Waals surface area contributed by atoms with Gasteiger partial charge in [0.2, 0.25) is 0 Å². The van der Waals surface area contributed by atoms with E-state index in [1.54, 1.807) is 0 Å². The number of nitrogens with one attached hydrogen (secondary N) is 2. The van der Waals surface area contributed by atoms with Crippen LogP contribution in [0.15, 0.2) is 48.5 Å². The zero-order valence-corrected chi connectivity index (χ0v) is 14.8. The van der Waals surface area contributed by atoms with Crippen molar-refractivity contribution >= 4 is 29.1 Å². The van der Waals surface area contributed by atoms with Crippen LogP contribution in [-0.4, -0.2) is 19.5 Å². The molecule has 0 saturated heterocycles. The molecule has 2 N–H and O–H groups in total. The van der Waals surface area contributed by atoms with E-state index in [1.165, 1.54) is 0 Å². The number of benzene rings is 2. The van der Waals surface area contributed by atoms with Crippen LogP contribution in [0, 0.1) is 0 Å². The van der Waals surface area contributed by atoms with Gasteiger partial charge in [-0.1, -0.05) is 53.5 Å². The summed E-state index contributed by atoms with van der Waals surface area (Å²) in [5.41, 5.74) is 2.08. The molecule has 1 amide bonds. The number of likely N-dealkylation sites (N-methyl/N-ethyl adjacent to an activating group) is 1. The Morgan fingerprint density at radius 1 is 1.13 bits per heavy atom. The van der Waals surface area contributed by atoms with Gasteiger partial charge >= 0.3 is 0 Å². The molecule has 2 aromatic carbocycles. The Morgan fingerprint density at radius 2 is 1.78 bits per heavy atom. The minimum atomic E-state index is -0.0483. The Labute approximate surface area is 147 Å². The number of hydrogen-bond donors (Lipinski definition) is 2. The van der Waals surface area contributed by atoms with Crippen molar-refractivity contribution in [2.24, 2.45) is 0 Å². The smallest absolute Gasteiger partial charge is 0.275 e. The third kappa shape index (κ3) is 5.54. The number of quaternary nitrogens is 1. The van der Waals surface area contributed by atoms with Gasteiger partial charge in [0.15, 0.2) is 6.54 Å². The summed E-state index contributed by atoms with van der Waals surface area (Å²) in [6, 6.07) is 15.2. The first-order valence-electron chi connectivity index (χ1n) is 7.55. The van der Waals surface area contributed by atoms with E-state index in [4.69, 9.17) is 23.2 Å². The van der Waals surface area contributed by atoms with Gasteiger partial charge in [-0.3, -0.25) is 4.79 Å². The fraction of sp³-hybridized carbons (Fsp3) is 0.278. The van der Waals surface area contributed by atoms with Crippen molar-refractivity contribution in [3.05, 3.63) is 69.7 Å². The van der Waals surface area contributed by atoms with E-state index >= 15 is 0 Å². The highest BCUT2D eigenvalue weighted by molar-refractivity contribution is 6.31. The topological polar surface area (TPSA) is 33.5 Å². The predicted molar refractivity (Wildman–Crippen MR) is 94.9 cm³/mol. The highest BCUT2D eigenvalue weighted by Gasteiger charge is 2.15. The van der Waals surface area contributed by atoms with Crippen LogP contribution >= 0.6 is 23.2 Å². The molecule has 0 radical (unpaired) electrons. The molecule has 0 aliphatic carbocycles. The molecule has 0 aromatic heterocycles. The van der Waals surface area contributed by atoms with Crippen LogP contribution in [-0.2, 0) is 11.3 Å². The molecule has 2 atom stereocenters. The predicted octanol–water partition coefficient (Wildman–Crippen LogP) is 2.89. The number of carbonyl (C=O) groups is 1. The summed E-state index contributed by atoms with van der Waals surface area (Å²) >= 11 is 12.0. The normalized spacial score (nSPS) is 13.4. The van der Waals surface area contributed by atoms with Gasteiger partial charge in [0.1, 0.15) is 6.54 Å². The molecule has 0 spiro atoms. The summed E-state index contributed by atoms with van der Waals surface area (Å²) in [6.45, 7) is 3.07. The van der Waals surface area contributed by atoms with Crippen molar-refractivity contribution in [1.82, 2.24) is 5.32 Å². The summed E-state index contributed by atoms with van der Waals surface area (Å²) in [5, 5.41) is 4.44. The van der Waals surface area contributed by atoms with Crippen LogP contribution in [0.25, 0.3) is 0 Å². The van der Waals surface area contributed by atoms with Gasteiger partial charge in [0.25, 0.3) is 5.91 Å². The fourth-order valence-electron chi connectivity index (χ4n) is 2.43. The maximum absolute atomic E-state index is 12.2. The van der Waals surface area contributed by atoms with E-state index in [-0.39, 0.29) is 11.9 Å². The zero-order valence-electron chi connectivity index (χ0n) is 13.3. The Bertz CT molecular complexity index is 658. The molecule has 3 nitrogen and oxygen atoms in total. The molecule has 0 aliphatic rings. The Balaban J connectivity index is 1.86. The second-order valence-electron chi connectivity index (χ2n) is 5.74. The van der Waals surface area contributed by atoms with Crippen molar-refractivity contribution in [1.29, 1.82) is 0 Å². The average molecular weight is 352 g/mol. The highest BCUT2D eigenvalue weighted by Crippen LogP contribution is 2.16. The molecule has 0 bridgehead atoms. The number of hydrogen-bond acceptors (Lipinski definition) is 1. The van der Waals surface area contributed by atoms with E-state index in [0.29, 0.717) is 18.1 Å². The number of rotatable bonds is 6. The first-order chi connectivity index (χ1) is 11.0. The van der Waals surface area contributed by atoms with Crippen molar-refractivity contribution in [2.75, 3.05) is 13.6 Å². The molecule has 2 rings (SSSR count). The molecule has 2 aromatic rings. The quantitative estimate of drug-likeness (QED) is 0.824. The van der Waals surface area contributed by atoms with Crippen molar-refractivity contribution in [2.45, 2.75) is 19.5 Å². The number of halogens is 2. The molecular weight excluding hydrogens is 331 g/mol. The molecule has 23 heavy (non-hydrogen) atoms.